The van der Waals surface area contributed by atoms with Crippen LogP contribution in [-0.2, 0) is 0 Å². The van der Waals surface area contributed by atoms with Crippen LogP contribution in [0.3, 0.4) is 0 Å². The summed E-state index contributed by atoms with van der Waals surface area (Å²) in [5, 5.41) is 20.5. The molecule has 8 rings (SSSR count). The van der Waals surface area contributed by atoms with E-state index in [1.54, 1.807) is 0 Å². The summed E-state index contributed by atoms with van der Waals surface area (Å²) in [4.78, 5) is 3.68. The third kappa shape index (κ3) is 3.95. The summed E-state index contributed by atoms with van der Waals surface area (Å²) in [6.07, 6.45) is 15.4. The van der Waals surface area contributed by atoms with Gasteiger partial charge < -0.3 is 4.90 Å². The minimum atomic E-state index is -0.298. The molecule has 0 bridgehead atoms. The predicted octanol–water partition coefficient (Wildman–Crippen LogP) is 9.43. The quantitative estimate of drug-likeness (QED) is 0.247. The average Bonchev–Trinajstić information content (AvgIpc) is 3.56. The molecule has 2 aliphatic heterocycles. The Morgan fingerprint density at radius 3 is 2.42 bits per heavy atom. The van der Waals surface area contributed by atoms with E-state index in [1.807, 2.05) is 36.0 Å². The number of anilines is 2. The van der Waals surface area contributed by atoms with Crippen molar-refractivity contribution >= 4 is 28.7 Å². The van der Waals surface area contributed by atoms with E-state index in [2.05, 4.69) is 127 Å². The van der Waals surface area contributed by atoms with Crippen molar-refractivity contribution in [3.05, 3.63) is 155 Å². The summed E-state index contributed by atoms with van der Waals surface area (Å²) in [7, 11) is 0. The van der Waals surface area contributed by atoms with Crippen molar-refractivity contribution in [2.75, 3.05) is 4.90 Å². The highest BCUT2D eigenvalue weighted by Crippen LogP contribution is 2.55. The van der Waals surface area contributed by atoms with E-state index in [4.69, 9.17) is 0 Å². The molecule has 2 unspecified atom stereocenters. The summed E-state index contributed by atoms with van der Waals surface area (Å²) in [6.45, 7) is 2.27. The number of nitriles is 2. The van der Waals surface area contributed by atoms with Gasteiger partial charge in [0, 0.05) is 33.4 Å². The standard InChI is InChI=1S/C39H27N3S/c1-39-16-7-6-13-35(39)34-10-2-4-14-36(34)42(39)30-20-26(24-41)18-28(22-30)27-17-25(23-40)19-29(21-27)31-11-8-12-33-32-9-3-5-15-37(32)43-38(31)33/h2-22,31,35,38H,1H3/t31-,35?,38?,39-/m1/s1. The average molecular weight is 570 g/mol. The minimum absolute atomic E-state index is 0.132. The number of rotatable bonds is 3. The van der Waals surface area contributed by atoms with Crippen LogP contribution in [0, 0.1) is 22.7 Å². The number of thioether (sulfide) groups is 1. The maximum absolute atomic E-state index is 10.2. The molecule has 0 saturated carbocycles. The van der Waals surface area contributed by atoms with Crippen molar-refractivity contribution in [3.63, 3.8) is 0 Å². The number of allylic oxidation sites excluding steroid dienone is 5. The zero-order valence-corrected chi connectivity index (χ0v) is 24.4. The van der Waals surface area contributed by atoms with E-state index < -0.39 is 0 Å². The Morgan fingerprint density at radius 1 is 0.791 bits per heavy atom. The van der Waals surface area contributed by atoms with Gasteiger partial charge in [-0.05, 0) is 82.8 Å². The first kappa shape index (κ1) is 25.7. The van der Waals surface area contributed by atoms with Crippen LogP contribution in [0.2, 0.25) is 0 Å². The molecule has 0 fully saturated rings. The summed E-state index contributed by atoms with van der Waals surface area (Å²) in [5.41, 5.74) is 9.99. The summed E-state index contributed by atoms with van der Waals surface area (Å²) >= 11 is 1.90. The molecule has 0 saturated heterocycles. The molecule has 4 atom stereocenters. The third-order valence-corrected chi connectivity index (χ3v) is 10.7. The van der Waals surface area contributed by atoms with Crippen LogP contribution in [0.5, 0.6) is 0 Å². The molecule has 43 heavy (non-hydrogen) atoms. The maximum Gasteiger partial charge on any atom is 0.0992 e. The predicted molar refractivity (Wildman–Crippen MR) is 175 cm³/mol. The lowest BCUT2D eigenvalue weighted by molar-refractivity contribution is 0.542. The molecular weight excluding hydrogens is 543 g/mol. The molecule has 4 aliphatic rings. The van der Waals surface area contributed by atoms with Gasteiger partial charge in [-0.3, -0.25) is 0 Å². The molecule has 2 aliphatic carbocycles. The number of hydrogen-bond donors (Lipinski definition) is 0. The van der Waals surface area contributed by atoms with Crippen LogP contribution in [-0.4, -0.2) is 10.8 Å². The van der Waals surface area contributed by atoms with E-state index >= 15 is 0 Å². The fourth-order valence-electron chi connectivity index (χ4n) is 7.31. The molecule has 2 heterocycles. The first-order valence-electron chi connectivity index (χ1n) is 14.6. The van der Waals surface area contributed by atoms with E-state index in [0.29, 0.717) is 11.1 Å². The smallest absolute Gasteiger partial charge is 0.0992 e. The molecule has 0 aromatic heterocycles. The maximum atomic E-state index is 10.2. The fraction of sp³-hybridized carbons (Fsp3) is 0.128. The Balaban J connectivity index is 1.24. The summed E-state index contributed by atoms with van der Waals surface area (Å²) < 4.78 is 0. The van der Waals surface area contributed by atoms with Crippen LogP contribution >= 0.6 is 11.8 Å². The van der Waals surface area contributed by atoms with Gasteiger partial charge in [0.25, 0.3) is 0 Å². The summed E-state index contributed by atoms with van der Waals surface area (Å²) in [6, 6.07) is 34.3. The van der Waals surface area contributed by atoms with Gasteiger partial charge in [0.05, 0.1) is 28.8 Å². The van der Waals surface area contributed by atoms with Gasteiger partial charge in [0.1, 0.15) is 0 Å². The van der Waals surface area contributed by atoms with Gasteiger partial charge in [-0.2, -0.15) is 10.5 Å². The molecule has 204 valence electrons. The van der Waals surface area contributed by atoms with E-state index in [-0.39, 0.29) is 22.6 Å². The lowest BCUT2D eigenvalue weighted by Gasteiger charge is -2.39. The first-order valence-corrected chi connectivity index (χ1v) is 15.5. The van der Waals surface area contributed by atoms with Crippen molar-refractivity contribution in [2.24, 2.45) is 0 Å². The van der Waals surface area contributed by atoms with Crippen molar-refractivity contribution in [1.82, 2.24) is 0 Å². The second kappa shape index (κ2) is 9.77. The molecule has 0 spiro atoms. The minimum Gasteiger partial charge on any atom is -0.331 e. The zero-order chi connectivity index (χ0) is 29.1. The molecule has 3 nitrogen and oxygen atoms in total. The van der Waals surface area contributed by atoms with Crippen LogP contribution in [0.15, 0.2) is 132 Å². The number of benzene rings is 4. The highest BCUT2D eigenvalue weighted by molar-refractivity contribution is 8.01. The lowest BCUT2D eigenvalue weighted by atomic mass is 9.80. The van der Waals surface area contributed by atoms with E-state index in [9.17, 15) is 10.5 Å². The highest BCUT2D eigenvalue weighted by atomic mass is 32.2. The van der Waals surface area contributed by atoms with Crippen molar-refractivity contribution in [1.29, 1.82) is 10.5 Å². The van der Waals surface area contributed by atoms with Crippen LogP contribution in [0.25, 0.3) is 16.7 Å². The summed E-state index contributed by atoms with van der Waals surface area (Å²) in [5.74, 6) is 0.345. The normalized spacial score (nSPS) is 23.9. The van der Waals surface area contributed by atoms with Gasteiger partial charge in [0.2, 0.25) is 0 Å². The van der Waals surface area contributed by atoms with Crippen molar-refractivity contribution in [3.8, 4) is 23.3 Å². The molecule has 0 radical (unpaired) electrons. The number of nitrogens with zero attached hydrogens (tertiary/aromatic N) is 3. The zero-order valence-electron chi connectivity index (χ0n) is 23.6. The van der Waals surface area contributed by atoms with Gasteiger partial charge in [-0.15, -0.1) is 11.8 Å². The highest BCUT2D eigenvalue weighted by Gasteiger charge is 2.46. The van der Waals surface area contributed by atoms with Crippen molar-refractivity contribution < 1.29 is 0 Å². The van der Waals surface area contributed by atoms with Gasteiger partial charge in [-0.25, -0.2) is 0 Å². The van der Waals surface area contributed by atoms with E-state index in [1.165, 1.54) is 21.6 Å². The lowest BCUT2D eigenvalue weighted by Crippen LogP contribution is -2.42. The third-order valence-electron chi connectivity index (χ3n) is 9.26. The fourth-order valence-corrected chi connectivity index (χ4v) is 8.78. The Hall–Kier alpha value is -5.03. The Kier molecular flexibility index (Phi) is 5.83. The Bertz CT molecular complexity index is 2030. The molecular formula is C39H27N3S. The molecule has 4 aromatic rings. The van der Waals surface area contributed by atoms with Crippen LogP contribution in [0.1, 0.15) is 46.6 Å². The molecule has 4 aromatic carbocycles. The molecule has 0 amide bonds. The van der Waals surface area contributed by atoms with Crippen LogP contribution in [0.4, 0.5) is 11.4 Å². The second-order valence-corrected chi connectivity index (χ2v) is 12.9. The van der Waals surface area contributed by atoms with Gasteiger partial charge in [0.15, 0.2) is 0 Å². The Morgan fingerprint density at radius 2 is 1.56 bits per heavy atom. The van der Waals surface area contributed by atoms with E-state index in [0.717, 1.165) is 28.1 Å². The van der Waals surface area contributed by atoms with Gasteiger partial charge >= 0.3 is 0 Å². The van der Waals surface area contributed by atoms with Crippen molar-refractivity contribution in [2.45, 2.75) is 34.4 Å². The monoisotopic (exact) mass is 569 g/mol. The molecule has 0 N–H and O–H groups in total. The topological polar surface area (TPSA) is 50.8 Å². The Labute approximate surface area is 256 Å². The SMILES string of the molecule is C[C@@]12C=CC=CC1c1ccccc1N2c1cc(C#N)cc(-c2cc(C#N)cc([C@H]3C=CC=C4c5ccccc5SC43)c2)c1. The van der Waals surface area contributed by atoms with Gasteiger partial charge in [-0.1, -0.05) is 85.0 Å². The van der Waals surface area contributed by atoms with Crippen LogP contribution < -0.4 is 4.90 Å². The number of para-hydroxylation sites is 1. The molecule has 4 heteroatoms. The second-order valence-electron chi connectivity index (χ2n) is 11.7. The number of hydrogen-bond acceptors (Lipinski definition) is 4. The first-order chi connectivity index (χ1) is 21.1. The largest absolute Gasteiger partial charge is 0.331 e. The number of fused-ring (bicyclic) bond motifs is 6.